The largest absolute Gasteiger partial charge is 0.370 e. The molecule has 2 N–H and O–H groups in total. The molecule has 1 aromatic carbocycles. The van der Waals surface area contributed by atoms with Gasteiger partial charge in [0.2, 0.25) is 0 Å². The number of hydrogen-bond donors (Lipinski definition) is 1. The van der Waals surface area contributed by atoms with Crippen LogP contribution in [0.4, 0.5) is 0 Å². The molecule has 0 spiro atoms. The maximum Gasteiger partial charge on any atom is 0.192 e. The van der Waals surface area contributed by atoms with Gasteiger partial charge >= 0.3 is 0 Å². The number of rotatable bonds is 1. The van der Waals surface area contributed by atoms with Crippen LogP contribution in [0.3, 0.4) is 0 Å². The molecule has 0 atom stereocenters. The van der Waals surface area contributed by atoms with Gasteiger partial charge in [-0.2, -0.15) is 0 Å². The molecule has 1 aliphatic heterocycles. The minimum Gasteiger partial charge on any atom is -0.370 e. The Hall–Kier alpha value is -1.51. The molecular formula is C14H19N3. The molecule has 3 rings (SSSR count). The average Bonchev–Trinajstić information content (AvgIpc) is 2.96. The van der Waals surface area contributed by atoms with Gasteiger partial charge in [-0.1, -0.05) is 37.1 Å². The summed E-state index contributed by atoms with van der Waals surface area (Å²) in [4.78, 5) is 6.84. The zero-order chi connectivity index (χ0) is 11.7. The molecule has 0 amide bonds. The second-order valence-electron chi connectivity index (χ2n) is 5.05. The number of nitrogens with zero attached hydrogens (tertiary/aromatic N) is 2. The minimum absolute atomic E-state index is 0.471. The molecule has 1 fully saturated rings. The zero-order valence-corrected chi connectivity index (χ0v) is 10.1. The summed E-state index contributed by atoms with van der Waals surface area (Å²) in [6.07, 6.45) is 5.03. The van der Waals surface area contributed by atoms with E-state index < -0.39 is 0 Å². The molecule has 17 heavy (non-hydrogen) atoms. The number of nitrogens with two attached hydrogens (primary N) is 1. The normalized spacial score (nSPS) is 20.9. The van der Waals surface area contributed by atoms with Crippen LogP contribution in [0.25, 0.3) is 0 Å². The van der Waals surface area contributed by atoms with Crippen LogP contribution in [0, 0.1) is 0 Å². The van der Waals surface area contributed by atoms with Crippen LogP contribution < -0.4 is 5.73 Å². The number of aliphatic imine (C=N–C) groups is 1. The Bertz CT molecular complexity index is 408. The third-order valence-electron chi connectivity index (χ3n) is 3.80. The molecule has 1 aliphatic carbocycles. The lowest BCUT2D eigenvalue weighted by Crippen LogP contribution is -2.34. The fraction of sp³-hybridized carbons (Fsp3) is 0.500. The highest BCUT2D eigenvalue weighted by molar-refractivity contribution is 5.79. The maximum absolute atomic E-state index is 6.11. The molecule has 0 saturated heterocycles. The average molecular weight is 229 g/mol. The van der Waals surface area contributed by atoms with Crippen LogP contribution in [0.5, 0.6) is 0 Å². The fourth-order valence-electron chi connectivity index (χ4n) is 2.80. The Labute approximate surface area is 102 Å². The van der Waals surface area contributed by atoms with Crippen molar-refractivity contribution in [2.75, 3.05) is 0 Å². The number of hydrogen-bond acceptors (Lipinski definition) is 1. The van der Waals surface area contributed by atoms with E-state index >= 15 is 0 Å². The zero-order valence-electron chi connectivity index (χ0n) is 10.1. The van der Waals surface area contributed by atoms with Gasteiger partial charge < -0.3 is 10.6 Å². The topological polar surface area (TPSA) is 41.6 Å². The first kappa shape index (κ1) is 10.6. The molecule has 2 aliphatic rings. The third-order valence-corrected chi connectivity index (χ3v) is 3.80. The minimum atomic E-state index is 0.471. The van der Waals surface area contributed by atoms with Crippen LogP contribution in [0.1, 0.15) is 36.8 Å². The predicted octanol–water partition coefficient (Wildman–Crippen LogP) is 2.26. The Morgan fingerprint density at radius 2 is 1.71 bits per heavy atom. The summed E-state index contributed by atoms with van der Waals surface area (Å²) in [5.41, 5.74) is 8.89. The van der Waals surface area contributed by atoms with E-state index in [0.717, 1.165) is 19.0 Å². The molecule has 1 heterocycles. The lowest BCUT2D eigenvalue weighted by atomic mass is 10.1. The van der Waals surface area contributed by atoms with E-state index in [0.29, 0.717) is 6.04 Å². The lowest BCUT2D eigenvalue weighted by molar-refractivity contribution is 0.436. The number of fused-ring (bicyclic) bond motifs is 1. The maximum atomic E-state index is 6.11. The molecule has 0 bridgehead atoms. The third kappa shape index (κ3) is 2.14. The van der Waals surface area contributed by atoms with Crippen molar-refractivity contribution in [2.45, 2.75) is 44.8 Å². The summed E-state index contributed by atoms with van der Waals surface area (Å²) in [5.74, 6) is 0.730. The van der Waals surface area contributed by atoms with Crippen LogP contribution in [-0.4, -0.2) is 16.9 Å². The lowest BCUT2D eigenvalue weighted by Gasteiger charge is -2.17. The van der Waals surface area contributed by atoms with Crippen molar-refractivity contribution in [1.82, 2.24) is 4.90 Å². The quantitative estimate of drug-likeness (QED) is 0.593. The van der Waals surface area contributed by atoms with Crippen LogP contribution in [0.2, 0.25) is 0 Å². The summed E-state index contributed by atoms with van der Waals surface area (Å²) in [6, 6.07) is 9.01. The van der Waals surface area contributed by atoms with Crippen LogP contribution in [0.15, 0.2) is 29.3 Å². The Balaban J connectivity index is 1.71. The monoisotopic (exact) mass is 229 g/mol. The standard InChI is InChI=1S/C14H19N3/c15-14(16-13-7-3-4-8-13)17-9-11-5-1-2-6-12(11)10-17/h1-2,5-6,13H,3-4,7-10H2,(H2,15,16). The first-order chi connectivity index (χ1) is 8.33. The van der Waals surface area contributed by atoms with Crippen molar-refractivity contribution >= 4 is 5.96 Å². The van der Waals surface area contributed by atoms with Crippen LogP contribution >= 0.6 is 0 Å². The van der Waals surface area contributed by atoms with Gasteiger partial charge in [-0.05, 0) is 24.0 Å². The Morgan fingerprint density at radius 3 is 2.29 bits per heavy atom. The van der Waals surface area contributed by atoms with Gasteiger partial charge in [-0.25, -0.2) is 4.99 Å². The van der Waals surface area contributed by atoms with Crippen molar-refractivity contribution in [2.24, 2.45) is 10.7 Å². The molecule has 90 valence electrons. The van der Waals surface area contributed by atoms with Gasteiger partial charge in [0.15, 0.2) is 5.96 Å². The predicted molar refractivity (Wildman–Crippen MR) is 69.6 cm³/mol. The van der Waals surface area contributed by atoms with Crippen LogP contribution in [-0.2, 0) is 13.1 Å². The first-order valence-corrected chi connectivity index (χ1v) is 6.48. The molecule has 0 aromatic heterocycles. The molecule has 0 radical (unpaired) electrons. The number of benzene rings is 1. The van der Waals surface area contributed by atoms with Crippen molar-refractivity contribution < 1.29 is 0 Å². The fourth-order valence-corrected chi connectivity index (χ4v) is 2.80. The Morgan fingerprint density at radius 1 is 1.12 bits per heavy atom. The van der Waals surface area contributed by atoms with Gasteiger partial charge in [-0.15, -0.1) is 0 Å². The van der Waals surface area contributed by atoms with Gasteiger partial charge in [0.05, 0.1) is 6.04 Å². The molecular weight excluding hydrogens is 210 g/mol. The van der Waals surface area contributed by atoms with Gasteiger partial charge in [0.25, 0.3) is 0 Å². The van der Waals surface area contributed by atoms with Crippen molar-refractivity contribution in [3.05, 3.63) is 35.4 Å². The molecule has 3 nitrogen and oxygen atoms in total. The van der Waals surface area contributed by atoms with E-state index in [1.54, 1.807) is 0 Å². The summed E-state index contributed by atoms with van der Waals surface area (Å²) >= 11 is 0. The van der Waals surface area contributed by atoms with E-state index in [2.05, 4.69) is 34.2 Å². The van der Waals surface area contributed by atoms with E-state index in [-0.39, 0.29) is 0 Å². The second kappa shape index (κ2) is 4.40. The molecule has 1 saturated carbocycles. The molecule has 3 heteroatoms. The SMILES string of the molecule is NC(=NC1CCCC1)N1Cc2ccccc2C1. The van der Waals surface area contributed by atoms with Gasteiger partial charge in [0, 0.05) is 13.1 Å². The smallest absolute Gasteiger partial charge is 0.192 e. The molecule has 1 aromatic rings. The summed E-state index contributed by atoms with van der Waals surface area (Å²) < 4.78 is 0. The highest BCUT2D eigenvalue weighted by Gasteiger charge is 2.21. The van der Waals surface area contributed by atoms with Crippen molar-refractivity contribution in [3.8, 4) is 0 Å². The van der Waals surface area contributed by atoms with E-state index in [1.807, 2.05) is 0 Å². The first-order valence-electron chi connectivity index (χ1n) is 6.48. The van der Waals surface area contributed by atoms with E-state index in [4.69, 9.17) is 5.73 Å². The summed E-state index contributed by atoms with van der Waals surface area (Å²) in [5, 5.41) is 0. The summed E-state index contributed by atoms with van der Waals surface area (Å²) in [6.45, 7) is 1.83. The highest BCUT2D eigenvalue weighted by atomic mass is 15.3. The summed E-state index contributed by atoms with van der Waals surface area (Å²) in [7, 11) is 0. The van der Waals surface area contributed by atoms with Crippen molar-refractivity contribution in [1.29, 1.82) is 0 Å². The van der Waals surface area contributed by atoms with Gasteiger partial charge in [-0.3, -0.25) is 0 Å². The molecule has 0 unspecified atom stereocenters. The highest BCUT2D eigenvalue weighted by Crippen LogP contribution is 2.24. The van der Waals surface area contributed by atoms with E-state index in [1.165, 1.54) is 36.8 Å². The van der Waals surface area contributed by atoms with Crippen molar-refractivity contribution in [3.63, 3.8) is 0 Å². The van der Waals surface area contributed by atoms with E-state index in [9.17, 15) is 0 Å². The Kier molecular flexibility index (Phi) is 2.75. The second-order valence-corrected chi connectivity index (χ2v) is 5.05. The number of guanidine groups is 1. The van der Waals surface area contributed by atoms with Gasteiger partial charge in [0.1, 0.15) is 0 Å².